The molecule has 222 valence electrons. The van der Waals surface area contributed by atoms with Gasteiger partial charge in [-0.05, 0) is 58.2 Å². The van der Waals surface area contributed by atoms with Crippen LogP contribution in [0.5, 0.6) is 0 Å². The average Bonchev–Trinajstić information content (AvgIpc) is 3.41. The summed E-state index contributed by atoms with van der Waals surface area (Å²) < 4.78 is 0. The second-order valence-electron chi connectivity index (χ2n) is 11.8. The van der Waals surface area contributed by atoms with Crippen molar-refractivity contribution in [1.82, 2.24) is 20.4 Å². The molecule has 0 radical (unpaired) electrons. The lowest BCUT2D eigenvalue weighted by atomic mass is 9.98. The van der Waals surface area contributed by atoms with Crippen LogP contribution in [0.1, 0.15) is 51.2 Å². The van der Waals surface area contributed by atoms with Crippen molar-refractivity contribution in [3.8, 4) is 0 Å². The summed E-state index contributed by atoms with van der Waals surface area (Å²) in [5.41, 5.74) is 6.78. The Kier molecular flexibility index (Phi) is 11.0. The topological polar surface area (TPSA) is 145 Å². The minimum absolute atomic E-state index is 0.165. The Bertz CT molecular complexity index is 1180. The molecule has 3 rings (SSSR count). The standard InChI is InChI=1S/C31H43N5O5/c1-31(2,3)34-29(40)24-16-11-17-36(24)30(41)27(38)23(18-21-12-7-5-8-13-21)33-28(39)25(19-26(32)37)35(4)20-22-14-9-6-10-15-22/h5-10,12-15,23-25,27,38H,11,16-20H2,1-4H3,(H2,32,37)(H,33,39)(H,34,40)/t23?,24-,25-,27?/m0/s1. The molecule has 4 amide bonds. The summed E-state index contributed by atoms with van der Waals surface area (Å²) in [6, 6.07) is 16.1. The number of carbonyl (C=O) groups excluding carboxylic acids is 4. The molecular formula is C31H43N5O5. The zero-order valence-electron chi connectivity index (χ0n) is 24.4. The fraction of sp³-hybridized carbons (Fsp3) is 0.484. The van der Waals surface area contributed by atoms with E-state index in [4.69, 9.17) is 5.73 Å². The highest BCUT2D eigenvalue weighted by Gasteiger charge is 2.41. The number of likely N-dealkylation sites (N-methyl/N-ethyl adjacent to an activating group) is 1. The monoisotopic (exact) mass is 565 g/mol. The Balaban J connectivity index is 1.83. The van der Waals surface area contributed by atoms with Gasteiger partial charge in [-0.1, -0.05) is 60.7 Å². The van der Waals surface area contributed by atoms with Crippen molar-refractivity contribution >= 4 is 23.6 Å². The van der Waals surface area contributed by atoms with E-state index in [2.05, 4.69) is 10.6 Å². The summed E-state index contributed by atoms with van der Waals surface area (Å²) in [5, 5.41) is 17.1. The lowest BCUT2D eigenvalue weighted by Gasteiger charge is -2.33. The summed E-state index contributed by atoms with van der Waals surface area (Å²) in [5.74, 6) is -2.07. The van der Waals surface area contributed by atoms with Crippen LogP contribution in [0.3, 0.4) is 0 Å². The first kappa shape index (κ1) is 31.8. The summed E-state index contributed by atoms with van der Waals surface area (Å²) in [6.45, 7) is 6.31. The molecule has 4 atom stereocenters. The Hall–Kier alpha value is -3.76. The van der Waals surface area contributed by atoms with Gasteiger partial charge in [0.2, 0.25) is 17.7 Å². The number of amides is 4. The Labute approximate surface area is 242 Å². The smallest absolute Gasteiger partial charge is 0.254 e. The number of carbonyl (C=O) groups is 4. The number of hydrogen-bond acceptors (Lipinski definition) is 6. The molecule has 41 heavy (non-hydrogen) atoms. The molecule has 1 heterocycles. The summed E-state index contributed by atoms with van der Waals surface area (Å²) in [6.07, 6.45) is -0.575. The van der Waals surface area contributed by atoms with Crippen molar-refractivity contribution in [2.24, 2.45) is 5.73 Å². The number of aliphatic hydroxyl groups excluding tert-OH is 1. The maximum absolute atomic E-state index is 13.6. The van der Waals surface area contributed by atoms with Gasteiger partial charge in [-0.15, -0.1) is 0 Å². The highest BCUT2D eigenvalue weighted by atomic mass is 16.3. The molecule has 2 aromatic rings. The fourth-order valence-electron chi connectivity index (χ4n) is 5.11. The summed E-state index contributed by atoms with van der Waals surface area (Å²) in [4.78, 5) is 55.2. The SMILES string of the molecule is CN(Cc1ccccc1)[C@@H](CC(N)=O)C(=O)NC(Cc1ccccc1)C(O)C(=O)N1CCC[C@H]1C(=O)NC(C)(C)C. The van der Waals surface area contributed by atoms with E-state index in [9.17, 15) is 24.3 Å². The molecule has 1 saturated heterocycles. The third-order valence-electron chi connectivity index (χ3n) is 7.10. The molecule has 1 aliphatic rings. The van der Waals surface area contributed by atoms with Gasteiger partial charge in [-0.25, -0.2) is 0 Å². The normalized spacial score (nSPS) is 17.5. The van der Waals surface area contributed by atoms with E-state index in [0.717, 1.165) is 11.1 Å². The predicted molar refractivity (Wildman–Crippen MR) is 156 cm³/mol. The van der Waals surface area contributed by atoms with Crippen LogP contribution < -0.4 is 16.4 Å². The van der Waals surface area contributed by atoms with Crippen molar-refractivity contribution in [1.29, 1.82) is 0 Å². The van der Waals surface area contributed by atoms with Crippen LogP contribution >= 0.6 is 0 Å². The second-order valence-corrected chi connectivity index (χ2v) is 11.8. The number of likely N-dealkylation sites (tertiary alicyclic amines) is 1. The third kappa shape index (κ3) is 9.40. The number of nitrogens with one attached hydrogen (secondary N) is 2. The average molecular weight is 566 g/mol. The van der Waals surface area contributed by atoms with Gasteiger partial charge in [0.1, 0.15) is 6.04 Å². The Morgan fingerprint density at radius 2 is 1.61 bits per heavy atom. The maximum Gasteiger partial charge on any atom is 0.254 e. The first-order chi connectivity index (χ1) is 19.4. The van der Waals surface area contributed by atoms with Crippen molar-refractivity contribution in [3.05, 3.63) is 71.8 Å². The lowest BCUT2D eigenvalue weighted by Crippen LogP contribution is -2.59. The van der Waals surface area contributed by atoms with Gasteiger partial charge in [0, 0.05) is 18.6 Å². The zero-order chi connectivity index (χ0) is 30.2. The number of nitrogens with two attached hydrogens (primary N) is 1. The molecule has 2 aromatic carbocycles. The van der Waals surface area contributed by atoms with Gasteiger partial charge in [0.15, 0.2) is 6.10 Å². The number of nitrogens with zero attached hydrogens (tertiary/aromatic N) is 2. The molecule has 10 heteroatoms. The van der Waals surface area contributed by atoms with Crippen LogP contribution in [0.4, 0.5) is 0 Å². The second kappa shape index (κ2) is 14.2. The molecule has 2 unspecified atom stereocenters. The molecule has 1 aliphatic heterocycles. The highest BCUT2D eigenvalue weighted by molar-refractivity contribution is 5.92. The fourth-order valence-corrected chi connectivity index (χ4v) is 5.11. The van der Waals surface area contributed by atoms with Gasteiger partial charge < -0.3 is 26.4 Å². The molecule has 0 aliphatic carbocycles. The van der Waals surface area contributed by atoms with Crippen LogP contribution in [0, 0.1) is 0 Å². The van der Waals surface area contributed by atoms with Crippen molar-refractivity contribution in [2.45, 2.75) is 82.8 Å². The lowest BCUT2D eigenvalue weighted by molar-refractivity contribution is -0.147. The molecule has 0 bridgehead atoms. The van der Waals surface area contributed by atoms with E-state index in [1.165, 1.54) is 4.90 Å². The number of rotatable bonds is 12. The summed E-state index contributed by atoms with van der Waals surface area (Å²) >= 11 is 0. The van der Waals surface area contributed by atoms with Gasteiger partial charge in [-0.3, -0.25) is 24.1 Å². The van der Waals surface area contributed by atoms with Gasteiger partial charge in [0.25, 0.3) is 5.91 Å². The van der Waals surface area contributed by atoms with Gasteiger partial charge in [0.05, 0.1) is 18.5 Å². The maximum atomic E-state index is 13.6. The Morgan fingerprint density at radius 1 is 1.02 bits per heavy atom. The van der Waals surface area contributed by atoms with Crippen LogP contribution in [-0.4, -0.2) is 81.9 Å². The number of primary amides is 1. The van der Waals surface area contributed by atoms with E-state index in [1.807, 2.05) is 81.4 Å². The van der Waals surface area contributed by atoms with E-state index in [-0.39, 0.29) is 18.7 Å². The number of aliphatic hydroxyl groups is 1. The van der Waals surface area contributed by atoms with Crippen LogP contribution in [-0.2, 0) is 32.1 Å². The molecule has 0 aromatic heterocycles. The van der Waals surface area contributed by atoms with E-state index >= 15 is 0 Å². The highest BCUT2D eigenvalue weighted by Crippen LogP contribution is 2.21. The van der Waals surface area contributed by atoms with Crippen LogP contribution in [0.25, 0.3) is 0 Å². The minimum Gasteiger partial charge on any atom is -0.381 e. The molecular weight excluding hydrogens is 522 g/mol. The first-order valence-corrected chi connectivity index (χ1v) is 14.0. The third-order valence-corrected chi connectivity index (χ3v) is 7.10. The molecule has 0 saturated carbocycles. The molecule has 5 N–H and O–H groups in total. The minimum atomic E-state index is -1.61. The molecule has 10 nitrogen and oxygen atoms in total. The number of benzene rings is 2. The van der Waals surface area contributed by atoms with Crippen molar-refractivity contribution < 1.29 is 24.3 Å². The van der Waals surface area contributed by atoms with E-state index < -0.39 is 47.5 Å². The van der Waals surface area contributed by atoms with Crippen LogP contribution in [0.2, 0.25) is 0 Å². The van der Waals surface area contributed by atoms with Gasteiger partial charge >= 0.3 is 0 Å². The van der Waals surface area contributed by atoms with Crippen molar-refractivity contribution in [3.63, 3.8) is 0 Å². The Morgan fingerprint density at radius 3 is 2.17 bits per heavy atom. The molecule has 0 spiro atoms. The van der Waals surface area contributed by atoms with Crippen molar-refractivity contribution in [2.75, 3.05) is 13.6 Å². The van der Waals surface area contributed by atoms with E-state index in [1.54, 1.807) is 11.9 Å². The van der Waals surface area contributed by atoms with Crippen LogP contribution in [0.15, 0.2) is 60.7 Å². The first-order valence-electron chi connectivity index (χ1n) is 14.0. The summed E-state index contributed by atoms with van der Waals surface area (Å²) in [7, 11) is 1.72. The quantitative estimate of drug-likeness (QED) is 0.306. The molecule has 1 fully saturated rings. The zero-order valence-corrected chi connectivity index (χ0v) is 24.4. The number of hydrogen-bond donors (Lipinski definition) is 4. The van der Waals surface area contributed by atoms with E-state index in [0.29, 0.717) is 25.9 Å². The van der Waals surface area contributed by atoms with Gasteiger partial charge in [-0.2, -0.15) is 0 Å². The largest absolute Gasteiger partial charge is 0.381 e. The predicted octanol–water partition coefficient (Wildman–Crippen LogP) is 1.36.